The molecule has 24 heavy (non-hydrogen) atoms. The number of nitrogens with two attached hydrogens (primary N) is 1. The van der Waals surface area contributed by atoms with E-state index in [4.69, 9.17) is 5.73 Å². The summed E-state index contributed by atoms with van der Waals surface area (Å²) in [5.74, 6) is -1.26. The molecular weight excluding hydrogens is 309 g/mol. The predicted octanol–water partition coefficient (Wildman–Crippen LogP) is 2.76. The first-order chi connectivity index (χ1) is 11.6. The summed E-state index contributed by atoms with van der Waals surface area (Å²) < 4.78 is 13.4. The number of nitrogens with one attached hydrogen (secondary N) is 2. The van der Waals surface area contributed by atoms with Crippen molar-refractivity contribution in [1.29, 1.82) is 0 Å². The van der Waals surface area contributed by atoms with Crippen molar-refractivity contribution in [2.24, 2.45) is 5.73 Å². The molecule has 0 aliphatic heterocycles. The van der Waals surface area contributed by atoms with Gasteiger partial charge in [0.15, 0.2) is 0 Å². The highest BCUT2D eigenvalue weighted by Gasteiger charge is 2.09. The predicted molar refractivity (Wildman–Crippen MR) is 92.8 cm³/mol. The summed E-state index contributed by atoms with van der Waals surface area (Å²) in [5.41, 5.74) is 6.69. The lowest BCUT2D eigenvalue weighted by Gasteiger charge is -2.11. The molecule has 2 aromatic rings. The fourth-order valence-electron chi connectivity index (χ4n) is 1.98. The SMILES string of the molecule is NCCC(=O)Nc1cc(F)ccc1NC(=O)/C=C/c1ccccc1. The number of carbonyl (C=O) groups is 2. The lowest BCUT2D eigenvalue weighted by molar-refractivity contribution is -0.116. The Labute approximate surface area is 139 Å². The number of halogens is 1. The van der Waals surface area contributed by atoms with Gasteiger partial charge in [-0.1, -0.05) is 30.3 Å². The van der Waals surface area contributed by atoms with Crippen molar-refractivity contribution >= 4 is 29.3 Å². The molecule has 0 spiro atoms. The van der Waals surface area contributed by atoms with Crippen molar-refractivity contribution in [2.75, 3.05) is 17.2 Å². The van der Waals surface area contributed by atoms with Crippen LogP contribution >= 0.6 is 0 Å². The van der Waals surface area contributed by atoms with Gasteiger partial charge >= 0.3 is 0 Å². The number of benzene rings is 2. The first-order valence-electron chi connectivity index (χ1n) is 7.42. The number of anilines is 2. The van der Waals surface area contributed by atoms with Crippen molar-refractivity contribution in [3.05, 3.63) is 66.0 Å². The standard InChI is InChI=1S/C18H18FN3O2/c19-14-7-8-15(16(12-14)22-18(24)10-11-20)21-17(23)9-6-13-4-2-1-3-5-13/h1-9,12H,10-11,20H2,(H,21,23)(H,22,24)/b9-6+. The molecule has 4 N–H and O–H groups in total. The second-order valence-electron chi connectivity index (χ2n) is 5.01. The van der Waals surface area contributed by atoms with Crippen LogP contribution in [0.5, 0.6) is 0 Å². The largest absolute Gasteiger partial charge is 0.330 e. The highest BCUT2D eigenvalue weighted by Crippen LogP contribution is 2.23. The molecule has 0 saturated carbocycles. The number of carbonyl (C=O) groups excluding carboxylic acids is 2. The molecule has 5 nitrogen and oxygen atoms in total. The molecule has 0 atom stereocenters. The maximum absolute atomic E-state index is 13.4. The Morgan fingerprint density at radius 2 is 1.79 bits per heavy atom. The molecule has 0 aromatic heterocycles. The highest BCUT2D eigenvalue weighted by atomic mass is 19.1. The molecular formula is C18H18FN3O2. The van der Waals surface area contributed by atoms with Gasteiger partial charge in [0, 0.05) is 19.0 Å². The van der Waals surface area contributed by atoms with Crippen molar-refractivity contribution in [2.45, 2.75) is 6.42 Å². The summed E-state index contributed by atoms with van der Waals surface area (Å²) in [6, 6.07) is 13.1. The van der Waals surface area contributed by atoms with Crippen LogP contribution in [0.4, 0.5) is 15.8 Å². The molecule has 2 aromatic carbocycles. The second kappa shape index (κ2) is 8.59. The lowest BCUT2D eigenvalue weighted by atomic mass is 10.2. The van der Waals surface area contributed by atoms with Gasteiger partial charge in [-0.3, -0.25) is 9.59 Å². The van der Waals surface area contributed by atoms with E-state index in [1.165, 1.54) is 18.2 Å². The Balaban J connectivity index is 2.09. The summed E-state index contributed by atoms with van der Waals surface area (Å²) in [7, 11) is 0. The molecule has 0 unspecified atom stereocenters. The molecule has 2 rings (SSSR count). The van der Waals surface area contributed by atoms with Crippen molar-refractivity contribution in [1.82, 2.24) is 0 Å². The van der Waals surface area contributed by atoms with Gasteiger partial charge in [0.2, 0.25) is 11.8 Å². The molecule has 0 saturated heterocycles. The van der Waals surface area contributed by atoms with Crippen molar-refractivity contribution in [3.63, 3.8) is 0 Å². The summed E-state index contributed by atoms with van der Waals surface area (Å²) in [4.78, 5) is 23.6. The van der Waals surface area contributed by atoms with E-state index in [2.05, 4.69) is 10.6 Å². The first kappa shape index (κ1) is 17.4. The molecule has 124 valence electrons. The van der Waals surface area contributed by atoms with Crippen LogP contribution in [0.2, 0.25) is 0 Å². The van der Waals surface area contributed by atoms with Gasteiger partial charge in [0.05, 0.1) is 11.4 Å². The number of hydrogen-bond donors (Lipinski definition) is 3. The third-order valence-corrected chi connectivity index (χ3v) is 3.11. The smallest absolute Gasteiger partial charge is 0.248 e. The van der Waals surface area contributed by atoms with Crippen LogP contribution in [0.1, 0.15) is 12.0 Å². The Morgan fingerprint density at radius 3 is 2.50 bits per heavy atom. The van der Waals surface area contributed by atoms with E-state index in [1.54, 1.807) is 6.08 Å². The Bertz CT molecular complexity index is 745. The highest BCUT2D eigenvalue weighted by molar-refractivity contribution is 6.05. The van der Waals surface area contributed by atoms with Crippen LogP contribution < -0.4 is 16.4 Å². The van der Waals surface area contributed by atoms with E-state index in [0.717, 1.165) is 11.6 Å². The topological polar surface area (TPSA) is 84.2 Å². The zero-order valence-electron chi connectivity index (χ0n) is 13.0. The third-order valence-electron chi connectivity index (χ3n) is 3.11. The number of amides is 2. The van der Waals surface area contributed by atoms with Crippen molar-refractivity contribution in [3.8, 4) is 0 Å². The number of rotatable bonds is 6. The molecule has 0 radical (unpaired) electrons. The Hall–Kier alpha value is -2.99. The van der Waals surface area contributed by atoms with E-state index >= 15 is 0 Å². The van der Waals surface area contributed by atoms with Crippen LogP contribution in [0.15, 0.2) is 54.6 Å². The third kappa shape index (κ3) is 5.33. The van der Waals surface area contributed by atoms with Crippen LogP contribution in [-0.4, -0.2) is 18.4 Å². The minimum absolute atomic E-state index is 0.109. The Morgan fingerprint density at radius 1 is 1.04 bits per heavy atom. The van der Waals surface area contributed by atoms with Gasteiger partial charge in [-0.25, -0.2) is 4.39 Å². The van der Waals surface area contributed by atoms with E-state index in [-0.39, 0.29) is 30.5 Å². The Kier molecular flexibility index (Phi) is 6.22. The molecule has 0 fully saturated rings. The zero-order chi connectivity index (χ0) is 17.4. The van der Waals surface area contributed by atoms with Gasteiger partial charge in [-0.05, 0) is 29.8 Å². The van der Waals surface area contributed by atoms with Gasteiger partial charge < -0.3 is 16.4 Å². The monoisotopic (exact) mass is 327 g/mol. The number of hydrogen-bond acceptors (Lipinski definition) is 3. The summed E-state index contributed by atoms with van der Waals surface area (Å²) in [5, 5.41) is 5.15. The van der Waals surface area contributed by atoms with Gasteiger partial charge in [-0.2, -0.15) is 0 Å². The van der Waals surface area contributed by atoms with Crippen LogP contribution in [0.25, 0.3) is 6.08 Å². The quantitative estimate of drug-likeness (QED) is 0.713. The molecule has 0 bridgehead atoms. The van der Waals surface area contributed by atoms with E-state index in [9.17, 15) is 14.0 Å². The zero-order valence-corrected chi connectivity index (χ0v) is 13.0. The molecule has 6 heteroatoms. The summed E-state index contributed by atoms with van der Waals surface area (Å²) >= 11 is 0. The van der Waals surface area contributed by atoms with E-state index < -0.39 is 5.82 Å². The van der Waals surface area contributed by atoms with Crippen LogP contribution in [0.3, 0.4) is 0 Å². The van der Waals surface area contributed by atoms with Gasteiger partial charge in [-0.15, -0.1) is 0 Å². The molecule has 0 heterocycles. The van der Waals surface area contributed by atoms with Crippen molar-refractivity contribution < 1.29 is 14.0 Å². The fraction of sp³-hybridized carbons (Fsp3) is 0.111. The molecule has 0 aliphatic rings. The van der Waals surface area contributed by atoms with Gasteiger partial charge in [0.1, 0.15) is 5.82 Å². The van der Waals surface area contributed by atoms with Crippen LogP contribution in [-0.2, 0) is 9.59 Å². The lowest BCUT2D eigenvalue weighted by Crippen LogP contribution is -2.18. The average molecular weight is 327 g/mol. The van der Waals surface area contributed by atoms with E-state index in [0.29, 0.717) is 5.69 Å². The van der Waals surface area contributed by atoms with Gasteiger partial charge in [0.25, 0.3) is 0 Å². The minimum atomic E-state index is -0.518. The first-order valence-corrected chi connectivity index (χ1v) is 7.42. The normalized spacial score (nSPS) is 10.6. The molecule has 0 aliphatic carbocycles. The minimum Gasteiger partial charge on any atom is -0.330 e. The maximum Gasteiger partial charge on any atom is 0.248 e. The molecule has 2 amide bonds. The summed E-state index contributed by atoms with van der Waals surface area (Å²) in [6.07, 6.45) is 3.13. The summed E-state index contributed by atoms with van der Waals surface area (Å²) in [6.45, 7) is 0.183. The fourth-order valence-corrected chi connectivity index (χ4v) is 1.98. The second-order valence-corrected chi connectivity index (χ2v) is 5.01. The van der Waals surface area contributed by atoms with Crippen LogP contribution in [0, 0.1) is 5.82 Å². The average Bonchev–Trinajstić information content (AvgIpc) is 2.56. The maximum atomic E-state index is 13.4. The van der Waals surface area contributed by atoms with E-state index in [1.807, 2.05) is 30.3 Å².